The normalized spacial score (nSPS) is 11.2. The topological polar surface area (TPSA) is 45.5 Å². The Morgan fingerprint density at radius 3 is 2.33 bits per heavy atom. The zero-order valence-electron chi connectivity index (χ0n) is 19.9. The van der Waals surface area contributed by atoms with Crippen molar-refractivity contribution in [1.82, 2.24) is 9.55 Å². The first-order valence-corrected chi connectivity index (χ1v) is 11.5. The van der Waals surface area contributed by atoms with Gasteiger partial charge in [0, 0.05) is 12.1 Å². The quantitative estimate of drug-likeness (QED) is 0.255. The number of aryl methyl sites for hydroxylation is 1. The van der Waals surface area contributed by atoms with Crippen LogP contribution >= 0.6 is 0 Å². The number of para-hydroxylation sites is 2. The molecule has 5 nitrogen and oxygen atoms in total. The molecule has 1 heterocycles. The van der Waals surface area contributed by atoms with Crippen LogP contribution < -0.4 is 14.2 Å². The molecule has 4 aromatic rings. The van der Waals surface area contributed by atoms with E-state index in [0.717, 1.165) is 47.6 Å². The predicted molar refractivity (Wildman–Crippen MR) is 134 cm³/mol. The van der Waals surface area contributed by atoms with E-state index in [1.165, 1.54) is 5.56 Å². The van der Waals surface area contributed by atoms with Gasteiger partial charge in [0.1, 0.15) is 11.6 Å². The summed E-state index contributed by atoms with van der Waals surface area (Å²) in [6.45, 7) is 5.96. The molecule has 1 aromatic heterocycles. The van der Waals surface area contributed by atoms with Crippen LogP contribution in [0.15, 0.2) is 66.7 Å². The van der Waals surface area contributed by atoms with Gasteiger partial charge in [0.15, 0.2) is 11.5 Å². The van der Waals surface area contributed by atoms with E-state index in [1.54, 1.807) is 14.2 Å². The Kier molecular flexibility index (Phi) is 7.18. The van der Waals surface area contributed by atoms with E-state index in [-0.39, 0.29) is 0 Å². The lowest BCUT2D eigenvalue weighted by molar-refractivity contribution is 0.303. The van der Waals surface area contributed by atoms with Gasteiger partial charge in [-0.25, -0.2) is 4.98 Å². The largest absolute Gasteiger partial charge is 0.494 e. The molecule has 0 unspecified atom stereocenters. The number of ether oxygens (including phenoxy) is 3. The SMILES string of the molecule is COc1ccc(-c2nc3ccccc3n2CCCCOc2ccc(C(C)C)cc2)cc1OC. The summed E-state index contributed by atoms with van der Waals surface area (Å²) >= 11 is 0. The van der Waals surface area contributed by atoms with Gasteiger partial charge in [-0.1, -0.05) is 38.1 Å². The lowest BCUT2D eigenvalue weighted by atomic mass is 10.0. The third kappa shape index (κ3) is 5.14. The number of fused-ring (bicyclic) bond motifs is 1. The predicted octanol–water partition coefficient (Wildman–Crippen LogP) is 6.70. The molecule has 3 aromatic carbocycles. The maximum atomic E-state index is 5.96. The molecule has 4 rings (SSSR count). The Balaban J connectivity index is 1.46. The summed E-state index contributed by atoms with van der Waals surface area (Å²) in [5.41, 5.74) is 4.46. The minimum Gasteiger partial charge on any atom is -0.494 e. The van der Waals surface area contributed by atoms with Crippen LogP contribution in [0.4, 0.5) is 0 Å². The average molecular weight is 445 g/mol. The Morgan fingerprint density at radius 2 is 1.61 bits per heavy atom. The minimum atomic E-state index is 0.531. The molecule has 172 valence electrons. The summed E-state index contributed by atoms with van der Waals surface area (Å²) in [6, 6.07) is 22.6. The highest BCUT2D eigenvalue weighted by molar-refractivity contribution is 5.81. The molecule has 0 fully saturated rings. The smallest absolute Gasteiger partial charge is 0.161 e. The summed E-state index contributed by atoms with van der Waals surface area (Å²) in [5.74, 6) is 3.80. The van der Waals surface area contributed by atoms with Crippen molar-refractivity contribution in [2.24, 2.45) is 0 Å². The molecular formula is C28H32N2O3. The number of unbranched alkanes of at least 4 members (excludes halogenated alkanes) is 1. The number of hydrogen-bond acceptors (Lipinski definition) is 4. The van der Waals surface area contributed by atoms with Crippen molar-refractivity contribution in [1.29, 1.82) is 0 Å². The highest BCUT2D eigenvalue weighted by Crippen LogP contribution is 2.33. The molecule has 0 N–H and O–H groups in total. The number of benzene rings is 3. The lowest BCUT2D eigenvalue weighted by Crippen LogP contribution is -2.04. The maximum absolute atomic E-state index is 5.96. The summed E-state index contributed by atoms with van der Waals surface area (Å²) in [5, 5.41) is 0. The third-order valence-electron chi connectivity index (χ3n) is 5.89. The van der Waals surface area contributed by atoms with E-state index in [4.69, 9.17) is 19.2 Å². The Labute approximate surface area is 195 Å². The molecule has 5 heteroatoms. The van der Waals surface area contributed by atoms with Gasteiger partial charge in [0.05, 0.1) is 31.9 Å². The second kappa shape index (κ2) is 10.4. The monoisotopic (exact) mass is 444 g/mol. The van der Waals surface area contributed by atoms with E-state index in [0.29, 0.717) is 24.0 Å². The first kappa shape index (κ1) is 22.7. The molecule has 0 spiro atoms. The second-order valence-electron chi connectivity index (χ2n) is 8.42. The third-order valence-corrected chi connectivity index (χ3v) is 5.89. The average Bonchev–Trinajstić information content (AvgIpc) is 3.22. The standard InChI is InChI=1S/C28H32N2O3/c1-20(2)21-11-14-23(15-12-21)33-18-8-7-17-30-25-10-6-5-9-24(25)29-28(30)22-13-16-26(31-3)27(19-22)32-4/h5-6,9-16,19-20H,7-8,17-18H2,1-4H3. The van der Waals surface area contributed by atoms with Crippen LogP contribution in [-0.2, 0) is 6.54 Å². The van der Waals surface area contributed by atoms with E-state index >= 15 is 0 Å². The van der Waals surface area contributed by atoms with E-state index in [1.807, 2.05) is 24.3 Å². The van der Waals surface area contributed by atoms with Crippen LogP contribution in [0.2, 0.25) is 0 Å². The molecule has 0 aliphatic rings. The molecule has 0 aliphatic heterocycles. The number of imidazole rings is 1. The molecule has 0 aliphatic carbocycles. The fourth-order valence-electron chi connectivity index (χ4n) is 4.01. The van der Waals surface area contributed by atoms with Crippen LogP contribution in [0.1, 0.15) is 38.2 Å². The second-order valence-corrected chi connectivity index (χ2v) is 8.42. The van der Waals surface area contributed by atoms with Crippen LogP contribution in [-0.4, -0.2) is 30.4 Å². The molecule has 0 bridgehead atoms. The Morgan fingerprint density at radius 1 is 0.848 bits per heavy atom. The highest BCUT2D eigenvalue weighted by atomic mass is 16.5. The number of nitrogens with zero attached hydrogens (tertiary/aromatic N) is 2. The van der Waals surface area contributed by atoms with Crippen molar-refractivity contribution in [3.8, 4) is 28.6 Å². The van der Waals surface area contributed by atoms with Crippen molar-refractivity contribution in [2.45, 2.75) is 39.2 Å². The van der Waals surface area contributed by atoms with Crippen molar-refractivity contribution in [2.75, 3.05) is 20.8 Å². The molecule has 33 heavy (non-hydrogen) atoms. The fourth-order valence-corrected chi connectivity index (χ4v) is 4.01. The number of aromatic nitrogens is 2. The van der Waals surface area contributed by atoms with Gasteiger partial charge in [-0.3, -0.25) is 0 Å². The van der Waals surface area contributed by atoms with Gasteiger partial charge < -0.3 is 18.8 Å². The molecule has 0 saturated carbocycles. The van der Waals surface area contributed by atoms with Gasteiger partial charge in [0.25, 0.3) is 0 Å². The van der Waals surface area contributed by atoms with Crippen molar-refractivity contribution in [3.63, 3.8) is 0 Å². The lowest BCUT2D eigenvalue weighted by Gasteiger charge is -2.13. The van der Waals surface area contributed by atoms with E-state index in [2.05, 4.69) is 60.9 Å². The van der Waals surface area contributed by atoms with Crippen molar-refractivity contribution in [3.05, 3.63) is 72.3 Å². The fraction of sp³-hybridized carbons (Fsp3) is 0.321. The van der Waals surface area contributed by atoms with Crippen molar-refractivity contribution < 1.29 is 14.2 Å². The van der Waals surface area contributed by atoms with Crippen LogP contribution in [0.25, 0.3) is 22.4 Å². The van der Waals surface area contributed by atoms with E-state index in [9.17, 15) is 0 Å². The molecular weight excluding hydrogens is 412 g/mol. The molecule has 0 saturated heterocycles. The maximum Gasteiger partial charge on any atom is 0.161 e. The molecule has 0 atom stereocenters. The summed E-state index contributed by atoms with van der Waals surface area (Å²) < 4.78 is 19.2. The first-order valence-electron chi connectivity index (χ1n) is 11.5. The Bertz CT molecular complexity index is 1200. The van der Waals surface area contributed by atoms with E-state index < -0.39 is 0 Å². The number of rotatable bonds is 10. The summed E-state index contributed by atoms with van der Waals surface area (Å²) in [6.07, 6.45) is 1.95. The van der Waals surface area contributed by atoms with Crippen LogP contribution in [0.5, 0.6) is 17.2 Å². The zero-order chi connectivity index (χ0) is 23.2. The van der Waals surface area contributed by atoms with Gasteiger partial charge in [-0.2, -0.15) is 0 Å². The van der Waals surface area contributed by atoms with Crippen LogP contribution in [0, 0.1) is 0 Å². The number of hydrogen-bond donors (Lipinski definition) is 0. The van der Waals surface area contributed by atoms with Crippen LogP contribution in [0.3, 0.4) is 0 Å². The summed E-state index contributed by atoms with van der Waals surface area (Å²) in [7, 11) is 3.30. The highest BCUT2D eigenvalue weighted by Gasteiger charge is 2.14. The molecule has 0 amide bonds. The minimum absolute atomic E-state index is 0.531. The van der Waals surface area contributed by atoms with Gasteiger partial charge in [-0.05, 0) is 66.8 Å². The van der Waals surface area contributed by atoms with Gasteiger partial charge in [-0.15, -0.1) is 0 Å². The summed E-state index contributed by atoms with van der Waals surface area (Å²) in [4.78, 5) is 4.92. The van der Waals surface area contributed by atoms with Gasteiger partial charge >= 0.3 is 0 Å². The van der Waals surface area contributed by atoms with Crippen molar-refractivity contribution >= 4 is 11.0 Å². The first-order chi connectivity index (χ1) is 16.1. The Hall–Kier alpha value is -3.47. The molecule has 0 radical (unpaired) electrons. The number of methoxy groups -OCH3 is 2. The van der Waals surface area contributed by atoms with Gasteiger partial charge in [0.2, 0.25) is 0 Å². The zero-order valence-corrected chi connectivity index (χ0v) is 19.9.